The Balaban J connectivity index is 2.07. The maximum Gasteiger partial charge on any atom is 0.138 e. The fourth-order valence-electron chi connectivity index (χ4n) is 2.77. The zero-order chi connectivity index (χ0) is 13.2. The molecule has 19 heavy (non-hydrogen) atoms. The maximum absolute atomic E-state index is 5.98. The number of aromatic nitrogens is 1. The molecule has 4 heteroatoms. The van der Waals surface area contributed by atoms with Gasteiger partial charge in [0.2, 0.25) is 0 Å². The van der Waals surface area contributed by atoms with E-state index in [-0.39, 0.29) is 0 Å². The number of pyridine rings is 1. The van der Waals surface area contributed by atoms with Gasteiger partial charge < -0.3 is 16.0 Å². The highest BCUT2D eigenvalue weighted by Gasteiger charge is 2.19. The molecule has 0 radical (unpaired) electrons. The van der Waals surface area contributed by atoms with E-state index >= 15 is 0 Å². The molecule has 1 aliphatic heterocycles. The second kappa shape index (κ2) is 5.05. The molecule has 1 saturated heterocycles. The van der Waals surface area contributed by atoms with Gasteiger partial charge in [0.1, 0.15) is 5.82 Å². The molecule has 0 aliphatic carbocycles. The molecule has 4 nitrogen and oxygen atoms in total. The second-order valence-corrected chi connectivity index (χ2v) is 5.11. The molecular formula is C15H20N4. The van der Waals surface area contributed by atoms with Crippen molar-refractivity contribution in [1.29, 1.82) is 0 Å². The van der Waals surface area contributed by atoms with Crippen molar-refractivity contribution in [1.82, 2.24) is 4.98 Å². The third kappa shape index (κ3) is 2.24. The minimum Gasteiger partial charge on any atom is -0.388 e. The molecule has 0 amide bonds. The summed E-state index contributed by atoms with van der Waals surface area (Å²) in [5.74, 6) is 1.08. The van der Waals surface area contributed by atoms with Crippen LogP contribution in [0.1, 0.15) is 12.8 Å². The summed E-state index contributed by atoms with van der Waals surface area (Å²) in [7, 11) is 1.96. The van der Waals surface area contributed by atoms with Crippen molar-refractivity contribution in [3.05, 3.63) is 30.5 Å². The molecule has 0 atom stereocenters. The lowest BCUT2D eigenvalue weighted by atomic mass is 10.0. The van der Waals surface area contributed by atoms with Crippen molar-refractivity contribution in [3.8, 4) is 0 Å². The van der Waals surface area contributed by atoms with Crippen LogP contribution in [-0.2, 0) is 0 Å². The van der Waals surface area contributed by atoms with E-state index in [0.717, 1.165) is 37.4 Å². The van der Waals surface area contributed by atoms with E-state index in [1.165, 1.54) is 10.8 Å². The normalized spacial score (nSPS) is 16.8. The summed E-state index contributed by atoms with van der Waals surface area (Å²) in [4.78, 5) is 6.96. The van der Waals surface area contributed by atoms with E-state index in [9.17, 15) is 0 Å². The van der Waals surface area contributed by atoms with Crippen LogP contribution in [0.15, 0.2) is 30.5 Å². The molecule has 0 saturated carbocycles. The number of benzene rings is 1. The molecule has 1 aromatic heterocycles. The lowest BCUT2D eigenvalue weighted by molar-refractivity contribution is 0.499. The van der Waals surface area contributed by atoms with Gasteiger partial charge in [0.05, 0.1) is 0 Å². The molecule has 1 fully saturated rings. The summed E-state index contributed by atoms with van der Waals surface area (Å²) < 4.78 is 0. The van der Waals surface area contributed by atoms with E-state index < -0.39 is 0 Å². The first kappa shape index (κ1) is 12.2. The molecule has 0 unspecified atom stereocenters. The predicted molar refractivity (Wildman–Crippen MR) is 80.7 cm³/mol. The number of nitrogens with two attached hydrogens (primary N) is 1. The molecule has 2 aromatic rings. The first-order chi connectivity index (χ1) is 9.29. The average Bonchev–Trinajstić information content (AvgIpc) is 2.47. The summed E-state index contributed by atoms with van der Waals surface area (Å²) in [5, 5.41) is 5.71. The Morgan fingerprint density at radius 1 is 1.26 bits per heavy atom. The van der Waals surface area contributed by atoms with Gasteiger partial charge in [-0.05, 0) is 30.4 Å². The Kier molecular flexibility index (Phi) is 3.25. The smallest absolute Gasteiger partial charge is 0.138 e. The number of rotatable bonds is 2. The third-order valence-electron chi connectivity index (χ3n) is 3.88. The van der Waals surface area contributed by atoms with Crippen molar-refractivity contribution >= 4 is 22.3 Å². The molecule has 3 rings (SSSR count). The SMILES string of the molecule is CNc1cccc2ccnc(N3CCC(N)CC3)c12. The van der Waals surface area contributed by atoms with Crippen LogP contribution < -0.4 is 16.0 Å². The highest BCUT2D eigenvalue weighted by atomic mass is 15.2. The van der Waals surface area contributed by atoms with E-state index in [4.69, 9.17) is 5.73 Å². The van der Waals surface area contributed by atoms with Gasteiger partial charge in [-0.15, -0.1) is 0 Å². The van der Waals surface area contributed by atoms with Crippen LogP contribution in [0.4, 0.5) is 11.5 Å². The molecule has 2 heterocycles. The zero-order valence-corrected chi connectivity index (χ0v) is 11.3. The van der Waals surface area contributed by atoms with Crippen LogP contribution in [0, 0.1) is 0 Å². The number of hydrogen-bond donors (Lipinski definition) is 2. The van der Waals surface area contributed by atoms with Gasteiger partial charge in [0, 0.05) is 43.4 Å². The number of piperidine rings is 1. The Morgan fingerprint density at radius 2 is 2.05 bits per heavy atom. The number of anilines is 2. The molecule has 0 spiro atoms. The van der Waals surface area contributed by atoms with Gasteiger partial charge in [0.15, 0.2) is 0 Å². The standard InChI is InChI=1S/C15H20N4/c1-17-13-4-2-3-11-5-8-18-15(14(11)13)19-9-6-12(16)7-10-19/h2-5,8,12,17H,6-7,9-10,16H2,1H3. The van der Waals surface area contributed by atoms with Crippen molar-refractivity contribution in [2.24, 2.45) is 5.73 Å². The predicted octanol–water partition coefficient (Wildman–Crippen LogP) is 2.20. The summed E-state index contributed by atoms with van der Waals surface area (Å²) >= 11 is 0. The third-order valence-corrected chi connectivity index (χ3v) is 3.88. The van der Waals surface area contributed by atoms with E-state index in [1.54, 1.807) is 0 Å². The van der Waals surface area contributed by atoms with Crippen molar-refractivity contribution in [3.63, 3.8) is 0 Å². The number of fused-ring (bicyclic) bond motifs is 1. The van der Waals surface area contributed by atoms with Crippen molar-refractivity contribution in [2.75, 3.05) is 30.4 Å². The van der Waals surface area contributed by atoms with Gasteiger partial charge in [-0.3, -0.25) is 0 Å². The van der Waals surface area contributed by atoms with Crippen LogP contribution in [0.3, 0.4) is 0 Å². The van der Waals surface area contributed by atoms with Crippen LogP contribution in [-0.4, -0.2) is 31.2 Å². The summed E-state index contributed by atoms with van der Waals surface area (Å²) in [6, 6.07) is 8.72. The zero-order valence-electron chi connectivity index (χ0n) is 11.3. The number of nitrogens with one attached hydrogen (secondary N) is 1. The number of nitrogens with zero attached hydrogens (tertiary/aromatic N) is 2. The minimum atomic E-state index is 0.343. The monoisotopic (exact) mass is 256 g/mol. The number of hydrogen-bond acceptors (Lipinski definition) is 4. The topological polar surface area (TPSA) is 54.2 Å². The van der Waals surface area contributed by atoms with E-state index in [2.05, 4.69) is 39.5 Å². The molecule has 1 aliphatic rings. The molecular weight excluding hydrogens is 236 g/mol. The Morgan fingerprint density at radius 3 is 2.79 bits per heavy atom. The molecule has 1 aromatic carbocycles. The van der Waals surface area contributed by atoms with Gasteiger partial charge in [-0.1, -0.05) is 12.1 Å². The highest BCUT2D eigenvalue weighted by molar-refractivity contribution is 6.01. The summed E-state index contributed by atoms with van der Waals surface area (Å²) in [6.07, 6.45) is 3.98. The molecule has 3 N–H and O–H groups in total. The fourth-order valence-corrected chi connectivity index (χ4v) is 2.77. The van der Waals surface area contributed by atoms with Gasteiger partial charge in [0.25, 0.3) is 0 Å². The largest absolute Gasteiger partial charge is 0.388 e. The minimum absolute atomic E-state index is 0.343. The summed E-state index contributed by atoms with van der Waals surface area (Å²) in [6.45, 7) is 1.98. The van der Waals surface area contributed by atoms with Crippen LogP contribution in [0.2, 0.25) is 0 Å². The van der Waals surface area contributed by atoms with E-state index in [0.29, 0.717) is 6.04 Å². The Bertz CT molecular complexity index is 568. The second-order valence-electron chi connectivity index (χ2n) is 5.11. The maximum atomic E-state index is 5.98. The average molecular weight is 256 g/mol. The highest BCUT2D eigenvalue weighted by Crippen LogP contribution is 2.32. The lowest BCUT2D eigenvalue weighted by Crippen LogP contribution is -2.40. The first-order valence-corrected chi connectivity index (χ1v) is 6.85. The van der Waals surface area contributed by atoms with Gasteiger partial charge in [-0.2, -0.15) is 0 Å². The van der Waals surface area contributed by atoms with Gasteiger partial charge in [-0.25, -0.2) is 4.98 Å². The first-order valence-electron chi connectivity index (χ1n) is 6.85. The Labute approximate surface area is 113 Å². The molecule has 0 bridgehead atoms. The lowest BCUT2D eigenvalue weighted by Gasteiger charge is -2.32. The van der Waals surface area contributed by atoms with Crippen molar-refractivity contribution < 1.29 is 0 Å². The fraction of sp³-hybridized carbons (Fsp3) is 0.400. The van der Waals surface area contributed by atoms with Crippen molar-refractivity contribution in [2.45, 2.75) is 18.9 Å². The van der Waals surface area contributed by atoms with Gasteiger partial charge >= 0.3 is 0 Å². The summed E-state index contributed by atoms with van der Waals surface area (Å²) in [5.41, 5.74) is 7.12. The van der Waals surface area contributed by atoms with E-state index in [1.807, 2.05) is 13.2 Å². The molecule has 100 valence electrons. The van der Waals surface area contributed by atoms with Crippen LogP contribution in [0.5, 0.6) is 0 Å². The van der Waals surface area contributed by atoms with Crippen LogP contribution >= 0.6 is 0 Å². The van der Waals surface area contributed by atoms with Crippen LogP contribution in [0.25, 0.3) is 10.8 Å². The quantitative estimate of drug-likeness (QED) is 0.865. The Hall–Kier alpha value is -1.81.